The number of hydrogen-bond donors (Lipinski definition) is 1. The summed E-state index contributed by atoms with van der Waals surface area (Å²) in [5.74, 6) is -0.544. The predicted octanol–water partition coefficient (Wildman–Crippen LogP) is 4.19. The Hall–Kier alpha value is -1.73. The molecule has 1 aliphatic rings. The predicted molar refractivity (Wildman–Crippen MR) is 104 cm³/mol. The third kappa shape index (κ3) is 4.10. The van der Waals surface area contributed by atoms with Crippen molar-refractivity contribution in [3.05, 3.63) is 39.8 Å². The number of carbonyl (C=O) groups excluding carboxylic acids is 2. The van der Waals surface area contributed by atoms with Crippen LogP contribution < -0.4 is 10.2 Å². The number of aromatic nitrogens is 1. The van der Waals surface area contributed by atoms with E-state index in [-0.39, 0.29) is 29.6 Å². The molecule has 1 fully saturated rings. The summed E-state index contributed by atoms with van der Waals surface area (Å²) in [6, 6.07) is 7.52. The molecule has 5 nitrogen and oxygen atoms in total. The molecule has 2 amide bonds. The highest BCUT2D eigenvalue weighted by Gasteiger charge is 2.35. The molecule has 0 saturated carbocycles. The first kappa shape index (κ1) is 18.1. The summed E-state index contributed by atoms with van der Waals surface area (Å²) in [6.45, 7) is 6.64. The molecule has 1 N–H and O–H groups in total. The van der Waals surface area contributed by atoms with Crippen LogP contribution in [0.25, 0.3) is 0 Å². The smallest absolute Gasteiger partial charge is 0.231 e. The van der Waals surface area contributed by atoms with Gasteiger partial charge in [0, 0.05) is 33.9 Å². The third-order valence-corrected chi connectivity index (χ3v) is 5.42. The van der Waals surface area contributed by atoms with Crippen LogP contribution in [0.5, 0.6) is 0 Å². The summed E-state index contributed by atoms with van der Waals surface area (Å²) in [5.41, 5.74) is 1.71. The van der Waals surface area contributed by atoms with Crippen molar-refractivity contribution in [1.82, 2.24) is 4.98 Å². The molecule has 132 valence electrons. The molecule has 1 aromatic carbocycles. The van der Waals surface area contributed by atoms with Crippen LogP contribution in [0.4, 0.5) is 10.8 Å². The van der Waals surface area contributed by atoms with E-state index in [0.29, 0.717) is 11.7 Å². The van der Waals surface area contributed by atoms with Gasteiger partial charge in [0.15, 0.2) is 5.13 Å². The van der Waals surface area contributed by atoms with Crippen molar-refractivity contribution in [3.63, 3.8) is 0 Å². The van der Waals surface area contributed by atoms with Gasteiger partial charge in [0.05, 0.1) is 11.6 Å². The fourth-order valence-electron chi connectivity index (χ4n) is 2.64. The number of halogens is 1. The first-order valence-electron chi connectivity index (χ1n) is 8.07. The summed E-state index contributed by atoms with van der Waals surface area (Å²) in [5, 5.41) is 5.41. The molecule has 25 heavy (non-hydrogen) atoms. The number of hydrogen-bond acceptors (Lipinski definition) is 4. The largest absolute Gasteiger partial charge is 0.312 e. The molecule has 1 aliphatic heterocycles. The van der Waals surface area contributed by atoms with Crippen LogP contribution in [0.2, 0.25) is 0 Å². The van der Waals surface area contributed by atoms with Gasteiger partial charge in [-0.3, -0.25) is 9.59 Å². The highest BCUT2D eigenvalue weighted by molar-refractivity contribution is 9.10. The topological polar surface area (TPSA) is 62.3 Å². The number of anilines is 2. The van der Waals surface area contributed by atoms with Gasteiger partial charge in [-0.2, -0.15) is 0 Å². The Bertz CT molecular complexity index is 795. The summed E-state index contributed by atoms with van der Waals surface area (Å²) >= 11 is 4.80. The van der Waals surface area contributed by atoms with Gasteiger partial charge in [-0.1, -0.05) is 36.7 Å². The van der Waals surface area contributed by atoms with Gasteiger partial charge in [-0.05, 0) is 24.3 Å². The number of rotatable bonds is 3. The zero-order valence-corrected chi connectivity index (χ0v) is 16.8. The number of nitrogens with zero attached hydrogens (tertiary/aromatic N) is 2. The maximum atomic E-state index is 12.5. The zero-order chi connectivity index (χ0) is 18.2. The second-order valence-electron chi connectivity index (χ2n) is 7.16. The van der Waals surface area contributed by atoms with Gasteiger partial charge >= 0.3 is 0 Å². The number of thiazole rings is 1. The van der Waals surface area contributed by atoms with E-state index in [1.165, 1.54) is 11.3 Å². The Kier molecular flexibility index (Phi) is 4.97. The Morgan fingerprint density at radius 1 is 1.32 bits per heavy atom. The van der Waals surface area contributed by atoms with E-state index in [1.807, 2.05) is 29.6 Å². The highest BCUT2D eigenvalue weighted by atomic mass is 79.9. The zero-order valence-electron chi connectivity index (χ0n) is 14.4. The minimum absolute atomic E-state index is 0.0306. The van der Waals surface area contributed by atoms with E-state index in [1.54, 1.807) is 4.90 Å². The lowest BCUT2D eigenvalue weighted by molar-refractivity contribution is -0.122. The Balaban J connectivity index is 1.66. The summed E-state index contributed by atoms with van der Waals surface area (Å²) < 4.78 is 0.954. The maximum Gasteiger partial charge on any atom is 0.231 e. The molecule has 2 aromatic rings. The normalized spacial score (nSPS) is 17.8. The number of benzene rings is 1. The second-order valence-corrected chi connectivity index (χ2v) is 8.93. The minimum Gasteiger partial charge on any atom is -0.312 e. The van der Waals surface area contributed by atoms with E-state index in [4.69, 9.17) is 0 Å². The van der Waals surface area contributed by atoms with Gasteiger partial charge in [0.1, 0.15) is 0 Å². The summed E-state index contributed by atoms with van der Waals surface area (Å²) in [7, 11) is 0. The fraction of sp³-hybridized carbons (Fsp3) is 0.389. The molecule has 1 saturated heterocycles. The minimum atomic E-state index is -0.363. The van der Waals surface area contributed by atoms with Crippen molar-refractivity contribution in [1.29, 1.82) is 0 Å². The molecule has 7 heteroatoms. The van der Waals surface area contributed by atoms with Crippen LogP contribution >= 0.6 is 27.3 Å². The maximum absolute atomic E-state index is 12.5. The lowest BCUT2D eigenvalue weighted by atomic mass is 9.93. The van der Waals surface area contributed by atoms with Crippen LogP contribution in [0, 0.1) is 5.92 Å². The lowest BCUT2D eigenvalue weighted by Crippen LogP contribution is -2.28. The quantitative estimate of drug-likeness (QED) is 0.807. The molecule has 0 spiro atoms. The molecule has 2 heterocycles. The number of carbonyl (C=O) groups is 2. The van der Waals surface area contributed by atoms with Gasteiger partial charge < -0.3 is 10.2 Å². The van der Waals surface area contributed by atoms with Gasteiger partial charge in [0.2, 0.25) is 11.8 Å². The molecule has 0 bridgehead atoms. The summed E-state index contributed by atoms with van der Waals surface area (Å²) in [6.07, 6.45) is 0.222. The molecule has 1 aromatic heterocycles. The van der Waals surface area contributed by atoms with E-state index < -0.39 is 0 Å². The number of nitrogens with one attached hydrogen (secondary N) is 1. The molecule has 0 aliphatic carbocycles. The number of amides is 2. The molecule has 1 unspecified atom stereocenters. The Labute approximate surface area is 159 Å². The Morgan fingerprint density at radius 3 is 2.60 bits per heavy atom. The van der Waals surface area contributed by atoms with Crippen LogP contribution in [0.1, 0.15) is 32.9 Å². The van der Waals surface area contributed by atoms with Crippen molar-refractivity contribution < 1.29 is 9.59 Å². The molecule has 3 rings (SSSR count). The van der Waals surface area contributed by atoms with Crippen LogP contribution in [-0.4, -0.2) is 23.3 Å². The second kappa shape index (κ2) is 6.88. The average Bonchev–Trinajstić information content (AvgIpc) is 3.15. The summed E-state index contributed by atoms with van der Waals surface area (Å²) in [4.78, 5) is 31.0. The van der Waals surface area contributed by atoms with Gasteiger partial charge in [-0.25, -0.2) is 4.98 Å². The average molecular weight is 422 g/mol. The first-order chi connectivity index (χ1) is 11.7. The van der Waals surface area contributed by atoms with Crippen molar-refractivity contribution in [2.24, 2.45) is 5.92 Å². The third-order valence-electron chi connectivity index (χ3n) is 4.14. The van der Waals surface area contributed by atoms with E-state index in [0.717, 1.165) is 15.9 Å². The fourth-order valence-corrected chi connectivity index (χ4v) is 3.84. The van der Waals surface area contributed by atoms with E-state index in [2.05, 4.69) is 47.0 Å². The van der Waals surface area contributed by atoms with Crippen molar-refractivity contribution in [2.75, 3.05) is 16.8 Å². The van der Waals surface area contributed by atoms with Crippen molar-refractivity contribution >= 4 is 49.9 Å². The van der Waals surface area contributed by atoms with Crippen molar-refractivity contribution in [3.8, 4) is 0 Å². The van der Waals surface area contributed by atoms with Crippen molar-refractivity contribution in [2.45, 2.75) is 32.6 Å². The van der Waals surface area contributed by atoms with Crippen LogP contribution in [0.3, 0.4) is 0 Å². The lowest BCUT2D eigenvalue weighted by Gasteiger charge is -2.16. The van der Waals surface area contributed by atoms with Crippen LogP contribution in [-0.2, 0) is 15.0 Å². The van der Waals surface area contributed by atoms with Crippen LogP contribution in [0.15, 0.2) is 34.1 Å². The first-order valence-corrected chi connectivity index (χ1v) is 9.74. The molecular formula is C18H20BrN3O2S. The SMILES string of the molecule is CC(C)(C)c1csc(NC(=O)C2CC(=O)N(c3ccc(Br)cc3)C2)n1. The highest BCUT2D eigenvalue weighted by Crippen LogP contribution is 2.29. The van der Waals surface area contributed by atoms with E-state index in [9.17, 15) is 9.59 Å². The Morgan fingerprint density at radius 2 is 2.00 bits per heavy atom. The standard InChI is InChI=1S/C18H20BrN3O2S/c1-18(2,3)14-10-25-17(20-14)21-16(24)11-8-15(23)22(9-11)13-6-4-12(19)5-7-13/h4-7,10-11H,8-9H2,1-3H3,(H,20,21,24). The monoisotopic (exact) mass is 421 g/mol. The van der Waals surface area contributed by atoms with E-state index >= 15 is 0 Å². The molecule has 0 radical (unpaired) electrons. The van der Waals surface area contributed by atoms with Gasteiger partial charge in [0.25, 0.3) is 0 Å². The molecule has 1 atom stereocenters. The molecular weight excluding hydrogens is 402 g/mol. The van der Waals surface area contributed by atoms with Gasteiger partial charge in [-0.15, -0.1) is 11.3 Å².